The Morgan fingerprint density at radius 2 is 1.94 bits per heavy atom. The van der Waals surface area contributed by atoms with Gasteiger partial charge in [-0.2, -0.15) is 0 Å². The first-order chi connectivity index (χ1) is 15.3. The number of methoxy groups -OCH3 is 1. The van der Waals surface area contributed by atoms with Gasteiger partial charge in [0.15, 0.2) is 17.8 Å². The van der Waals surface area contributed by atoms with Crippen molar-refractivity contribution in [3.8, 4) is 0 Å². The second-order valence-corrected chi connectivity index (χ2v) is 8.35. The Kier molecular flexibility index (Phi) is 8.20. The van der Waals surface area contributed by atoms with Gasteiger partial charge in [0, 0.05) is 12.5 Å². The zero-order valence-corrected chi connectivity index (χ0v) is 19.3. The summed E-state index contributed by atoms with van der Waals surface area (Å²) < 4.78 is 21.2. The van der Waals surface area contributed by atoms with Crippen molar-refractivity contribution < 1.29 is 48.3 Å². The van der Waals surface area contributed by atoms with E-state index in [1.54, 1.807) is 6.08 Å². The second kappa shape index (κ2) is 10.3. The molecular formula is C23H30O10. The van der Waals surface area contributed by atoms with Gasteiger partial charge < -0.3 is 29.2 Å². The lowest BCUT2D eigenvalue weighted by Crippen LogP contribution is -2.52. The smallest absolute Gasteiger partial charge is 0.341 e. The zero-order valence-electron chi connectivity index (χ0n) is 19.3. The summed E-state index contributed by atoms with van der Waals surface area (Å²) in [6.07, 6.45) is -1.44. The minimum Gasteiger partial charge on any atom is -0.466 e. The van der Waals surface area contributed by atoms with E-state index in [2.05, 4.69) is 6.58 Å². The van der Waals surface area contributed by atoms with Crippen molar-refractivity contribution in [2.24, 2.45) is 5.92 Å². The third kappa shape index (κ3) is 5.69. The molecule has 1 saturated heterocycles. The third-order valence-corrected chi connectivity index (χ3v) is 5.76. The fourth-order valence-electron chi connectivity index (χ4n) is 3.61. The Morgan fingerprint density at radius 1 is 1.30 bits per heavy atom. The van der Waals surface area contributed by atoms with Gasteiger partial charge >= 0.3 is 23.9 Å². The number of aliphatic hydroxyl groups excluding tert-OH is 1. The van der Waals surface area contributed by atoms with Crippen LogP contribution in [0.3, 0.4) is 0 Å². The topological polar surface area (TPSA) is 146 Å². The summed E-state index contributed by atoms with van der Waals surface area (Å²) in [5.74, 6) is -4.69. The Labute approximate surface area is 191 Å². The second-order valence-electron chi connectivity index (χ2n) is 8.35. The molecule has 6 unspecified atom stereocenters. The quantitative estimate of drug-likeness (QED) is 0.259. The molecule has 1 heterocycles. The highest BCUT2D eigenvalue weighted by Gasteiger charge is 2.52. The zero-order chi connectivity index (χ0) is 25.1. The summed E-state index contributed by atoms with van der Waals surface area (Å²) in [7, 11) is 1.14. The van der Waals surface area contributed by atoms with Crippen LogP contribution in [-0.4, -0.2) is 71.2 Å². The molecule has 2 N–H and O–H groups in total. The number of ether oxygens (including phenoxy) is 4. The number of allylic oxidation sites excluding steroid dienone is 2. The van der Waals surface area contributed by atoms with Crippen LogP contribution in [0, 0.1) is 5.92 Å². The van der Waals surface area contributed by atoms with E-state index in [4.69, 9.17) is 18.9 Å². The number of carbonyl (C=O) groups excluding carboxylic acids is 4. The Morgan fingerprint density at radius 3 is 2.48 bits per heavy atom. The van der Waals surface area contributed by atoms with Crippen molar-refractivity contribution in [2.45, 2.75) is 70.6 Å². The van der Waals surface area contributed by atoms with Gasteiger partial charge in [-0.25, -0.2) is 14.4 Å². The van der Waals surface area contributed by atoms with Crippen molar-refractivity contribution >= 4 is 23.9 Å². The first-order valence-electron chi connectivity index (χ1n) is 10.4. The summed E-state index contributed by atoms with van der Waals surface area (Å²) in [4.78, 5) is 49.9. The van der Waals surface area contributed by atoms with E-state index in [1.807, 2.05) is 6.92 Å². The van der Waals surface area contributed by atoms with E-state index in [0.717, 1.165) is 26.5 Å². The molecule has 0 spiro atoms. The molecule has 1 fully saturated rings. The molecule has 2 rings (SSSR count). The largest absolute Gasteiger partial charge is 0.466 e. The van der Waals surface area contributed by atoms with Crippen LogP contribution in [0.25, 0.3) is 0 Å². The van der Waals surface area contributed by atoms with Crippen LogP contribution >= 0.6 is 0 Å². The molecule has 0 amide bonds. The van der Waals surface area contributed by atoms with Crippen molar-refractivity contribution in [3.05, 3.63) is 35.5 Å². The maximum Gasteiger partial charge on any atom is 0.341 e. The molecule has 1 aliphatic heterocycles. The predicted molar refractivity (Wildman–Crippen MR) is 113 cm³/mol. The lowest BCUT2D eigenvalue weighted by molar-refractivity contribution is -0.191. The molecule has 33 heavy (non-hydrogen) atoms. The van der Waals surface area contributed by atoms with Gasteiger partial charge in [0.2, 0.25) is 0 Å². The van der Waals surface area contributed by atoms with E-state index in [1.165, 1.54) is 13.0 Å². The van der Waals surface area contributed by atoms with E-state index >= 15 is 0 Å². The first-order valence-corrected chi connectivity index (χ1v) is 10.4. The summed E-state index contributed by atoms with van der Waals surface area (Å²) >= 11 is 0. The molecule has 2 aliphatic rings. The van der Waals surface area contributed by atoms with Gasteiger partial charge in [-0.05, 0) is 39.7 Å². The molecule has 0 aromatic carbocycles. The maximum absolute atomic E-state index is 12.9. The van der Waals surface area contributed by atoms with Gasteiger partial charge in [-0.15, -0.1) is 0 Å². The van der Waals surface area contributed by atoms with E-state index in [9.17, 15) is 29.4 Å². The Balaban J connectivity index is 2.72. The van der Waals surface area contributed by atoms with Gasteiger partial charge in [0.05, 0.1) is 24.7 Å². The van der Waals surface area contributed by atoms with Crippen molar-refractivity contribution in [1.29, 1.82) is 0 Å². The summed E-state index contributed by atoms with van der Waals surface area (Å²) in [6, 6.07) is 0. The van der Waals surface area contributed by atoms with Gasteiger partial charge in [0.1, 0.15) is 6.10 Å². The van der Waals surface area contributed by atoms with Crippen LogP contribution in [0.15, 0.2) is 35.5 Å². The molecule has 0 radical (unpaired) electrons. The van der Waals surface area contributed by atoms with Crippen molar-refractivity contribution in [2.75, 3.05) is 7.11 Å². The first kappa shape index (κ1) is 26.3. The monoisotopic (exact) mass is 466 g/mol. The predicted octanol–water partition coefficient (Wildman–Crippen LogP) is 0.899. The number of fused-ring (bicyclic) bond motifs is 1. The van der Waals surface area contributed by atoms with Crippen LogP contribution < -0.4 is 0 Å². The number of aliphatic hydroxyl groups is 2. The number of hydrogen-bond donors (Lipinski definition) is 2. The SMILES string of the molecule is C=C1C(=O)OC2/C=C(/C)CC/C=C(/C(=O)OC)C(OC(C)=O)C(OC(=O)C(C)(O)C(C)O)C12. The molecule has 0 saturated carbocycles. The average molecular weight is 466 g/mol. The van der Waals surface area contributed by atoms with Gasteiger partial charge in [-0.1, -0.05) is 18.2 Å². The van der Waals surface area contributed by atoms with Gasteiger partial charge in [0.25, 0.3) is 0 Å². The summed E-state index contributed by atoms with van der Waals surface area (Å²) in [5, 5.41) is 20.3. The Hall–Kier alpha value is -2.98. The normalized spacial score (nSPS) is 31.4. The lowest BCUT2D eigenvalue weighted by atomic mass is 9.83. The van der Waals surface area contributed by atoms with Crippen LogP contribution in [0.1, 0.15) is 40.5 Å². The number of esters is 4. The van der Waals surface area contributed by atoms with Crippen molar-refractivity contribution in [3.63, 3.8) is 0 Å². The lowest BCUT2D eigenvalue weighted by Gasteiger charge is -2.35. The third-order valence-electron chi connectivity index (χ3n) is 5.76. The minimum atomic E-state index is -2.34. The molecule has 0 aromatic rings. The molecule has 10 nitrogen and oxygen atoms in total. The Bertz CT molecular complexity index is 895. The van der Waals surface area contributed by atoms with Crippen LogP contribution in [0.5, 0.6) is 0 Å². The maximum atomic E-state index is 12.9. The number of rotatable bonds is 5. The standard InChI is InChI=1S/C23H30O10/c1-11-8-7-9-15(21(27)30-6)18(31-14(4)25)19(33-22(28)23(5,29)13(3)24)17-12(2)20(26)32-16(17)10-11/h9-10,13,16-19,24,29H,2,7-8H2,1,3-6H3/b11-10-,15-9+. The highest BCUT2D eigenvalue weighted by molar-refractivity contribution is 5.93. The molecule has 0 bridgehead atoms. The van der Waals surface area contributed by atoms with Crippen LogP contribution in [0.2, 0.25) is 0 Å². The highest BCUT2D eigenvalue weighted by atomic mass is 16.6. The van der Waals surface area contributed by atoms with Crippen LogP contribution in [0.4, 0.5) is 0 Å². The fraction of sp³-hybridized carbons (Fsp3) is 0.565. The summed E-state index contributed by atoms with van der Waals surface area (Å²) in [5.41, 5.74) is -1.68. The highest BCUT2D eigenvalue weighted by Crippen LogP contribution is 2.38. The van der Waals surface area contributed by atoms with Crippen LogP contribution in [-0.2, 0) is 38.1 Å². The van der Waals surface area contributed by atoms with E-state index < -0.39 is 59.8 Å². The molecule has 6 atom stereocenters. The minimum absolute atomic E-state index is 0.0690. The van der Waals surface area contributed by atoms with E-state index in [-0.39, 0.29) is 11.1 Å². The molecule has 0 aromatic heterocycles. The number of hydrogen-bond acceptors (Lipinski definition) is 10. The molecule has 10 heteroatoms. The van der Waals surface area contributed by atoms with Crippen molar-refractivity contribution in [1.82, 2.24) is 0 Å². The molecular weight excluding hydrogens is 436 g/mol. The molecule has 182 valence electrons. The van der Waals surface area contributed by atoms with E-state index in [0.29, 0.717) is 12.8 Å². The number of carbonyl (C=O) groups is 4. The fourth-order valence-corrected chi connectivity index (χ4v) is 3.61. The average Bonchev–Trinajstić information content (AvgIpc) is 2.99. The molecule has 1 aliphatic carbocycles. The summed E-state index contributed by atoms with van der Waals surface area (Å²) in [6.45, 7) is 8.89. The van der Waals surface area contributed by atoms with Gasteiger partial charge in [-0.3, -0.25) is 4.79 Å².